The van der Waals surface area contributed by atoms with Crippen LogP contribution in [0.5, 0.6) is 11.5 Å². The second kappa shape index (κ2) is 18.4. The summed E-state index contributed by atoms with van der Waals surface area (Å²) >= 11 is 6.77. The van der Waals surface area contributed by atoms with Gasteiger partial charge < -0.3 is 18.9 Å². The van der Waals surface area contributed by atoms with Gasteiger partial charge in [0.2, 0.25) is 0 Å². The molecule has 0 radical (unpaired) electrons. The lowest BCUT2D eigenvalue weighted by molar-refractivity contribution is -0.148. The molecule has 0 fully saturated rings. The molecule has 0 aromatic heterocycles. The van der Waals surface area contributed by atoms with Crippen LogP contribution in [0, 0.1) is 11.6 Å². The first-order valence-electron chi connectivity index (χ1n) is 14.9. The van der Waals surface area contributed by atoms with Crippen LogP contribution in [0.25, 0.3) is 0 Å². The van der Waals surface area contributed by atoms with Gasteiger partial charge in [0.15, 0.2) is 12.5 Å². The van der Waals surface area contributed by atoms with Crippen molar-refractivity contribution in [2.45, 2.75) is 37.5 Å². The van der Waals surface area contributed by atoms with Gasteiger partial charge in [0.05, 0.1) is 8.95 Å². The zero-order valence-electron chi connectivity index (χ0n) is 26.1. The Balaban J connectivity index is 1.39. The van der Waals surface area contributed by atoms with Gasteiger partial charge in [-0.05, 0) is 81.3 Å². The van der Waals surface area contributed by atoms with E-state index in [9.17, 15) is 18.4 Å². The monoisotopic (exact) mass is 786 g/mol. The molecule has 0 aliphatic heterocycles. The van der Waals surface area contributed by atoms with Crippen molar-refractivity contribution < 1.29 is 37.3 Å². The first-order valence-corrected chi connectivity index (χ1v) is 16.5. The molecule has 4 aromatic rings. The molecule has 4 aromatic carbocycles. The number of benzene rings is 4. The lowest BCUT2D eigenvalue weighted by Gasteiger charge is -2.25. The first kappa shape index (κ1) is 36.7. The predicted molar refractivity (Wildman–Crippen MR) is 184 cm³/mol. The Kier molecular flexibility index (Phi) is 14.1. The summed E-state index contributed by atoms with van der Waals surface area (Å²) < 4.78 is 52.4. The van der Waals surface area contributed by atoms with Crippen molar-refractivity contribution in [3.8, 4) is 11.5 Å². The molecule has 0 saturated heterocycles. The summed E-state index contributed by atoms with van der Waals surface area (Å²) in [5.41, 5.74) is 1.56. The molecule has 0 aliphatic rings. The smallest absolute Gasteiger partial charge is 0.332 e. The van der Waals surface area contributed by atoms with Crippen molar-refractivity contribution in [1.29, 1.82) is 0 Å². The largest absolute Gasteiger partial charge is 0.484 e. The second-order valence-electron chi connectivity index (χ2n) is 10.4. The summed E-state index contributed by atoms with van der Waals surface area (Å²) in [6, 6.07) is 26.7. The Labute approximate surface area is 294 Å². The van der Waals surface area contributed by atoms with Crippen LogP contribution in [0.3, 0.4) is 0 Å². The van der Waals surface area contributed by atoms with Crippen LogP contribution in [-0.4, -0.2) is 38.5 Å². The average molecular weight is 788 g/mol. The molecule has 48 heavy (non-hydrogen) atoms. The number of esters is 2. The summed E-state index contributed by atoms with van der Waals surface area (Å²) in [7, 11) is 3.22. The maximum atomic E-state index is 14.0. The van der Waals surface area contributed by atoms with E-state index in [2.05, 4.69) is 42.5 Å². The summed E-state index contributed by atoms with van der Waals surface area (Å²) in [6.45, 7) is 0. The number of hydrogen-bond donors (Lipinski definition) is 2. The normalized spacial score (nSPS) is 13.7. The molecule has 0 saturated carbocycles. The topological polar surface area (TPSA) is 95.1 Å². The van der Waals surface area contributed by atoms with Crippen LogP contribution in [0.2, 0.25) is 0 Å². The van der Waals surface area contributed by atoms with Crippen LogP contribution in [0.15, 0.2) is 118 Å². The van der Waals surface area contributed by atoms with Crippen molar-refractivity contribution in [2.75, 3.05) is 14.1 Å². The molecule has 0 amide bonds. The zero-order valence-corrected chi connectivity index (χ0v) is 29.2. The zero-order chi connectivity index (χ0) is 34.5. The maximum absolute atomic E-state index is 14.0. The standard InChI is InChI=1S/C36H34Br2F2N2O6/c1-41-33(21-29(23-9-5-3-6-10-23)45-31-19-25(39)13-15-27(31)37)47-35(43)17-18-36(44)48-34(42-2)22-30(24-11-7-4-8-12-24)46-32-20-26(40)14-16-28(32)38/h3-20,29-30,33-34,41-42H,21-22H2,1-2H3/b18-17+. The van der Waals surface area contributed by atoms with Gasteiger partial charge in [-0.3, -0.25) is 10.6 Å². The molecule has 12 heteroatoms. The third kappa shape index (κ3) is 11.3. The second-order valence-corrected chi connectivity index (χ2v) is 12.1. The van der Waals surface area contributed by atoms with E-state index in [0.717, 1.165) is 23.3 Å². The molecular formula is C36H34Br2F2N2O6. The Bertz CT molecular complexity index is 1560. The molecule has 4 atom stereocenters. The number of halogens is 4. The fourth-order valence-corrected chi connectivity index (χ4v) is 5.30. The number of carbonyl (C=O) groups is 2. The highest BCUT2D eigenvalue weighted by atomic mass is 79.9. The van der Waals surface area contributed by atoms with Crippen molar-refractivity contribution in [3.63, 3.8) is 0 Å². The van der Waals surface area contributed by atoms with Gasteiger partial charge >= 0.3 is 11.9 Å². The van der Waals surface area contributed by atoms with E-state index in [0.29, 0.717) is 8.95 Å². The molecule has 252 valence electrons. The lowest BCUT2D eigenvalue weighted by atomic mass is 10.1. The van der Waals surface area contributed by atoms with E-state index < -0.39 is 48.2 Å². The van der Waals surface area contributed by atoms with E-state index in [-0.39, 0.29) is 24.3 Å². The number of hydrogen-bond acceptors (Lipinski definition) is 8. The third-order valence-corrected chi connectivity index (χ3v) is 8.35. The molecule has 0 spiro atoms. The number of rotatable bonds is 16. The minimum atomic E-state index is -0.827. The molecule has 4 unspecified atom stereocenters. The van der Waals surface area contributed by atoms with E-state index in [1.165, 1.54) is 24.3 Å². The number of ether oxygens (including phenoxy) is 4. The molecular weight excluding hydrogens is 754 g/mol. The van der Waals surface area contributed by atoms with Crippen LogP contribution in [0.4, 0.5) is 8.78 Å². The molecule has 0 bridgehead atoms. The van der Waals surface area contributed by atoms with Gasteiger partial charge in [-0.15, -0.1) is 0 Å². The Morgan fingerprint density at radius 1 is 0.646 bits per heavy atom. The Hall–Kier alpha value is -4.10. The van der Waals surface area contributed by atoms with Gasteiger partial charge in [0, 0.05) is 37.1 Å². The summed E-state index contributed by atoms with van der Waals surface area (Å²) in [6.07, 6.45) is -0.625. The maximum Gasteiger partial charge on any atom is 0.332 e. The molecule has 8 nitrogen and oxygen atoms in total. The van der Waals surface area contributed by atoms with Crippen LogP contribution in [-0.2, 0) is 19.1 Å². The summed E-state index contributed by atoms with van der Waals surface area (Å²) in [4.78, 5) is 25.5. The molecule has 0 aliphatic carbocycles. The van der Waals surface area contributed by atoms with Gasteiger partial charge in [-0.25, -0.2) is 18.4 Å². The lowest BCUT2D eigenvalue weighted by Crippen LogP contribution is -2.34. The first-order chi connectivity index (χ1) is 23.1. The van der Waals surface area contributed by atoms with Crippen molar-refractivity contribution in [3.05, 3.63) is 141 Å². The summed E-state index contributed by atoms with van der Waals surface area (Å²) in [5.74, 6) is -1.95. The number of nitrogens with one attached hydrogen (secondary N) is 2. The van der Waals surface area contributed by atoms with Crippen LogP contribution < -0.4 is 20.1 Å². The third-order valence-electron chi connectivity index (χ3n) is 7.04. The minimum absolute atomic E-state index is 0.164. The highest BCUT2D eigenvalue weighted by Gasteiger charge is 2.24. The van der Waals surface area contributed by atoms with Crippen LogP contribution >= 0.6 is 31.9 Å². The Morgan fingerprint density at radius 3 is 1.38 bits per heavy atom. The molecule has 0 heterocycles. The summed E-state index contributed by atoms with van der Waals surface area (Å²) in [5, 5.41) is 5.86. The van der Waals surface area contributed by atoms with E-state index in [1.54, 1.807) is 26.2 Å². The average Bonchev–Trinajstić information content (AvgIpc) is 3.09. The Morgan fingerprint density at radius 2 is 1.02 bits per heavy atom. The van der Waals surface area contributed by atoms with Gasteiger partial charge in [0.25, 0.3) is 0 Å². The van der Waals surface area contributed by atoms with Gasteiger partial charge in [-0.1, -0.05) is 60.7 Å². The van der Waals surface area contributed by atoms with E-state index in [4.69, 9.17) is 18.9 Å². The van der Waals surface area contributed by atoms with E-state index in [1.807, 2.05) is 60.7 Å². The highest BCUT2D eigenvalue weighted by Crippen LogP contribution is 2.34. The quantitative estimate of drug-likeness (QED) is 0.0672. The van der Waals surface area contributed by atoms with Crippen molar-refractivity contribution in [1.82, 2.24) is 10.6 Å². The number of carbonyl (C=O) groups excluding carboxylic acids is 2. The fourth-order valence-electron chi connectivity index (χ4n) is 4.62. The molecule has 4 rings (SSSR count). The van der Waals surface area contributed by atoms with Crippen molar-refractivity contribution in [2.24, 2.45) is 0 Å². The highest BCUT2D eigenvalue weighted by molar-refractivity contribution is 9.10. The SMILES string of the molecule is CNC(CC(Oc1cc(F)ccc1Br)c1ccccc1)OC(=O)/C=C/C(=O)OC(CC(Oc1cc(F)ccc1Br)c1ccccc1)NC. The van der Waals surface area contributed by atoms with E-state index >= 15 is 0 Å². The van der Waals surface area contributed by atoms with Gasteiger partial charge in [-0.2, -0.15) is 0 Å². The fraction of sp³-hybridized carbons (Fsp3) is 0.222. The van der Waals surface area contributed by atoms with Crippen molar-refractivity contribution >= 4 is 43.8 Å². The minimum Gasteiger partial charge on any atom is -0.484 e. The van der Waals surface area contributed by atoms with Crippen LogP contribution in [0.1, 0.15) is 36.2 Å². The van der Waals surface area contributed by atoms with Gasteiger partial charge in [0.1, 0.15) is 35.3 Å². The molecule has 2 N–H and O–H groups in total. The predicted octanol–water partition coefficient (Wildman–Crippen LogP) is 7.94.